The zero-order valence-electron chi connectivity index (χ0n) is 17.4. The van der Waals surface area contributed by atoms with Crippen LogP contribution in [0.15, 0.2) is 47.4 Å². The van der Waals surface area contributed by atoms with Gasteiger partial charge in [-0.05, 0) is 73.2 Å². The monoisotopic (exact) mass is 457 g/mol. The number of nitrogens with one attached hydrogen (secondary N) is 2. The maximum absolute atomic E-state index is 13.2. The Morgan fingerprint density at radius 1 is 1.13 bits per heavy atom. The normalized spacial score (nSPS) is 13.5. The minimum Gasteiger partial charge on any atom is -0.322 e. The molecule has 4 rings (SSSR count). The molecule has 3 aromatic rings. The summed E-state index contributed by atoms with van der Waals surface area (Å²) in [7, 11) is -3.58. The van der Waals surface area contributed by atoms with Gasteiger partial charge in [0.1, 0.15) is 0 Å². The number of anilines is 1. The van der Waals surface area contributed by atoms with Gasteiger partial charge in [-0.2, -0.15) is 0 Å². The van der Waals surface area contributed by atoms with Crippen LogP contribution in [-0.2, 0) is 22.9 Å². The maximum Gasteiger partial charge on any atom is 0.256 e. The van der Waals surface area contributed by atoms with Crippen molar-refractivity contribution < 1.29 is 13.2 Å². The summed E-state index contributed by atoms with van der Waals surface area (Å²) < 4.78 is 27.3. The van der Waals surface area contributed by atoms with E-state index in [-0.39, 0.29) is 16.7 Å². The highest BCUT2D eigenvalue weighted by Gasteiger charge is 2.24. The van der Waals surface area contributed by atoms with E-state index in [0.717, 1.165) is 41.4 Å². The number of hydrogen-bond donors (Lipinski definition) is 2. The second kappa shape index (κ2) is 8.57. The summed E-state index contributed by atoms with van der Waals surface area (Å²) in [5, 5.41) is 4.17. The molecule has 0 fully saturated rings. The van der Waals surface area contributed by atoms with Gasteiger partial charge < -0.3 is 5.32 Å². The number of halogens is 1. The van der Waals surface area contributed by atoms with Gasteiger partial charge >= 0.3 is 0 Å². The molecule has 1 heterocycles. The highest BCUT2D eigenvalue weighted by Crippen LogP contribution is 2.32. The molecule has 0 saturated heterocycles. The maximum atomic E-state index is 13.2. The largest absolute Gasteiger partial charge is 0.322 e. The Balaban J connectivity index is 1.62. The van der Waals surface area contributed by atoms with Crippen molar-refractivity contribution in [1.82, 2.24) is 9.71 Å². The number of benzene rings is 2. The van der Waals surface area contributed by atoms with Crippen molar-refractivity contribution in [1.29, 1.82) is 0 Å². The summed E-state index contributed by atoms with van der Waals surface area (Å²) in [6, 6.07) is 11.5. The predicted molar refractivity (Wildman–Crippen MR) is 123 cm³/mol. The van der Waals surface area contributed by atoms with Gasteiger partial charge in [0, 0.05) is 28.3 Å². The molecule has 2 N–H and O–H groups in total. The van der Waals surface area contributed by atoms with Crippen LogP contribution in [0, 0.1) is 5.92 Å². The molecular weight excluding hydrogens is 434 g/mol. The average molecular weight is 458 g/mol. The van der Waals surface area contributed by atoms with E-state index in [2.05, 4.69) is 10.0 Å². The van der Waals surface area contributed by atoms with Gasteiger partial charge in [0.15, 0.2) is 0 Å². The van der Waals surface area contributed by atoms with Gasteiger partial charge in [-0.15, -0.1) is 0 Å². The van der Waals surface area contributed by atoms with Crippen LogP contribution in [0.2, 0.25) is 5.02 Å². The first-order chi connectivity index (χ1) is 14.7. The third kappa shape index (κ3) is 4.59. The van der Waals surface area contributed by atoms with Crippen molar-refractivity contribution >= 4 is 44.1 Å². The minimum absolute atomic E-state index is 0.160. The van der Waals surface area contributed by atoms with Crippen molar-refractivity contribution in [3.63, 3.8) is 0 Å². The number of fused-ring (bicyclic) bond motifs is 2. The van der Waals surface area contributed by atoms with E-state index < -0.39 is 10.0 Å². The van der Waals surface area contributed by atoms with Crippen LogP contribution >= 0.6 is 11.6 Å². The second-order valence-corrected chi connectivity index (χ2v) is 10.4. The number of aryl methyl sites for hydroxylation is 1. The lowest BCUT2D eigenvalue weighted by molar-refractivity contribution is 0.102. The number of nitrogens with zero attached hydrogens (tertiary/aromatic N) is 1. The molecule has 162 valence electrons. The van der Waals surface area contributed by atoms with Crippen molar-refractivity contribution in [2.75, 3.05) is 11.9 Å². The Morgan fingerprint density at radius 2 is 1.87 bits per heavy atom. The molecular formula is C23H24ClN3O3S. The van der Waals surface area contributed by atoms with Crippen molar-refractivity contribution in [2.24, 2.45) is 5.92 Å². The van der Waals surface area contributed by atoms with Crippen LogP contribution in [0.1, 0.15) is 41.9 Å². The van der Waals surface area contributed by atoms with Gasteiger partial charge in [0.25, 0.3) is 5.91 Å². The highest BCUT2D eigenvalue weighted by atomic mass is 35.5. The van der Waals surface area contributed by atoms with Crippen LogP contribution in [-0.4, -0.2) is 25.9 Å². The Hall–Kier alpha value is -2.48. The van der Waals surface area contributed by atoms with E-state index in [1.165, 1.54) is 12.1 Å². The number of carbonyl (C=O) groups is 1. The molecule has 0 saturated carbocycles. The highest BCUT2D eigenvalue weighted by molar-refractivity contribution is 7.89. The first-order valence-corrected chi connectivity index (χ1v) is 12.1. The smallest absolute Gasteiger partial charge is 0.256 e. The number of hydrogen-bond acceptors (Lipinski definition) is 4. The zero-order valence-corrected chi connectivity index (χ0v) is 19.0. The summed E-state index contributed by atoms with van der Waals surface area (Å²) in [4.78, 5) is 18.1. The van der Waals surface area contributed by atoms with Gasteiger partial charge in [-0.25, -0.2) is 13.1 Å². The Kier molecular flexibility index (Phi) is 6.01. The van der Waals surface area contributed by atoms with Gasteiger partial charge in [-0.3, -0.25) is 9.78 Å². The van der Waals surface area contributed by atoms with Crippen molar-refractivity contribution in [2.45, 2.75) is 38.0 Å². The zero-order chi connectivity index (χ0) is 22.2. The minimum atomic E-state index is -3.58. The molecule has 0 radical (unpaired) electrons. The summed E-state index contributed by atoms with van der Waals surface area (Å²) in [5.74, 6) is -0.0416. The van der Waals surface area contributed by atoms with E-state index in [1.807, 2.05) is 19.9 Å². The summed E-state index contributed by atoms with van der Waals surface area (Å²) in [6.45, 7) is 4.24. The Bertz CT molecular complexity index is 1260. The van der Waals surface area contributed by atoms with E-state index in [1.54, 1.807) is 24.3 Å². The number of pyridine rings is 1. The predicted octanol–water partition coefficient (Wildman–Crippen LogP) is 4.56. The number of aromatic nitrogens is 1. The standard InChI is InChI=1S/C23H24ClN3O3S/c1-14(2)13-25-31(29,30)17-9-7-16(8-10-17)26-23(28)22-18-4-3-5-20(18)27-21-11-6-15(24)12-19(21)22/h6-12,14,25H,3-5,13H2,1-2H3,(H,26,28). The molecule has 2 aromatic carbocycles. The van der Waals surface area contributed by atoms with Gasteiger partial charge in [0.05, 0.1) is 16.0 Å². The lowest BCUT2D eigenvalue weighted by atomic mass is 10.0. The first-order valence-electron chi connectivity index (χ1n) is 10.3. The number of amides is 1. The van der Waals surface area contributed by atoms with Crippen LogP contribution in [0.3, 0.4) is 0 Å². The van der Waals surface area contributed by atoms with Crippen LogP contribution in [0.4, 0.5) is 5.69 Å². The first kappa shape index (κ1) is 21.7. The molecule has 0 bridgehead atoms. The third-order valence-electron chi connectivity index (χ3n) is 5.30. The molecule has 0 spiro atoms. The topological polar surface area (TPSA) is 88.2 Å². The van der Waals surface area contributed by atoms with E-state index in [0.29, 0.717) is 22.8 Å². The van der Waals surface area contributed by atoms with Crippen LogP contribution in [0.25, 0.3) is 10.9 Å². The molecule has 0 atom stereocenters. The van der Waals surface area contributed by atoms with Crippen molar-refractivity contribution in [3.8, 4) is 0 Å². The molecule has 1 aliphatic rings. The third-order valence-corrected chi connectivity index (χ3v) is 6.98. The fourth-order valence-electron chi connectivity index (χ4n) is 3.76. The Labute approximate surface area is 187 Å². The molecule has 0 unspecified atom stereocenters. The fourth-order valence-corrected chi connectivity index (χ4v) is 5.15. The van der Waals surface area contributed by atoms with E-state index >= 15 is 0 Å². The molecule has 1 aromatic heterocycles. The molecule has 0 aliphatic heterocycles. The van der Waals surface area contributed by atoms with Crippen molar-refractivity contribution in [3.05, 3.63) is 64.3 Å². The summed E-state index contributed by atoms with van der Waals surface area (Å²) >= 11 is 6.19. The summed E-state index contributed by atoms with van der Waals surface area (Å²) in [5.41, 5.74) is 3.77. The van der Waals surface area contributed by atoms with E-state index in [4.69, 9.17) is 16.6 Å². The molecule has 8 heteroatoms. The lowest BCUT2D eigenvalue weighted by Crippen LogP contribution is -2.27. The van der Waals surface area contributed by atoms with Crippen LogP contribution in [0.5, 0.6) is 0 Å². The number of carbonyl (C=O) groups excluding carboxylic acids is 1. The summed E-state index contributed by atoms with van der Waals surface area (Å²) in [6.07, 6.45) is 2.61. The van der Waals surface area contributed by atoms with Gasteiger partial charge in [0.2, 0.25) is 10.0 Å². The molecule has 31 heavy (non-hydrogen) atoms. The van der Waals surface area contributed by atoms with Crippen LogP contribution < -0.4 is 10.0 Å². The average Bonchev–Trinajstić information content (AvgIpc) is 3.19. The molecule has 1 amide bonds. The fraction of sp³-hybridized carbons (Fsp3) is 0.304. The second-order valence-electron chi connectivity index (χ2n) is 8.15. The molecule has 1 aliphatic carbocycles. The SMILES string of the molecule is CC(C)CNS(=O)(=O)c1ccc(NC(=O)c2c3c(nc4ccc(Cl)cc24)CCC3)cc1. The number of sulfonamides is 1. The van der Waals surface area contributed by atoms with Gasteiger partial charge in [-0.1, -0.05) is 25.4 Å². The quantitative estimate of drug-likeness (QED) is 0.567. The lowest BCUT2D eigenvalue weighted by Gasteiger charge is -2.14. The Morgan fingerprint density at radius 3 is 2.58 bits per heavy atom. The number of rotatable bonds is 6. The molecule has 6 nitrogen and oxygen atoms in total. The van der Waals surface area contributed by atoms with E-state index in [9.17, 15) is 13.2 Å².